The van der Waals surface area contributed by atoms with Gasteiger partial charge in [0.25, 0.3) is 0 Å². The van der Waals surface area contributed by atoms with E-state index >= 15 is 0 Å². The Morgan fingerprint density at radius 1 is 1.58 bits per heavy atom. The maximum Gasteiger partial charge on any atom is 0.240 e. The molecule has 1 aromatic heterocycles. The van der Waals surface area contributed by atoms with E-state index in [9.17, 15) is 4.79 Å². The minimum absolute atomic E-state index is 0.241. The molecule has 1 atom stereocenters. The van der Waals surface area contributed by atoms with Gasteiger partial charge in [0.1, 0.15) is 24.0 Å². The molecule has 2 heterocycles. The van der Waals surface area contributed by atoms with Crippen molar-refractivity contribution in [3.63, 3.8) is 0 Å². The number of carbonyl (C=O) groups excluding carboxylic acids is 1. The lowest BCUT2D eigenvalue weighted by atomic mass is 10.1. The van der Waals surface area contributed by atoms with Crippen LogP contribution in [0.25, 0.3) is 0 Å². The van der Waals surface area contributed by atoms with Gasteiger partial charge >= 0.3 is 0 Å². The van der Waals surface area contributed by atoms with Crippen LogP contribution in [0.1, 0.15) is 31.7 Å². The van der Waals surface area contributed by atoms with E-state index in [0.29, 0.717) is 0 Å². The zero-order chi connectivity index (χ0) is 13.8. The van der Waals surface area contributed by atoms with Crippen molar-refractivity contribution in [2.24, 2.45) is 5.73 Å². The first-order chi connectivity index (χ1) is 9.19. The normalized spacial score (nSPS) is 18.6. The van der Waals surface area contributed by atoms with E-state index in [2.05, 4.69) is 22.2 Å². The smallest absolute Gasteiger partial charge is 0.240 e. The predicted octanol–water partition coefficient (Wildman–Crippen LogP) is 0.925. The van der Waals surface area contributed by atoms with E-state index in [0.717, 1.165) is 49.4 Å². The van der Waals surface area contributed by atoms with Crippen LogP contribution in [0.3, 0.4) is 0 Å². The first-order valence-corrected chi connectivity index (χ1v) is 6.76. The summed E-state index contributed by atoms with van der Waals surface area (Å²) in [6, 6.07) is -0.241. The number of nitrogens with one attached hydrogen (secondary N) is 1. The van der Waals surface area contributed by atoms with Crippen molar-refractivity contribution in [1.29, 1.82) is 0 Å². The molecule has 1 aliphatic heterocycles. The van der Waals surface area contributed by atoms with Crippen molar-refractivity contribution in [1.82, 2.24) is 9.97 Å². The highest BCUT2D eigenvalue weighted by atomic mass is 16.1. The topological polar surface area (TPSA) is 84.1 Å². The molecule has 6 heteroatoms. The SMILES string of the molecule is CCCc1c(NC)ncnc1N1CCCC1C(N)=O. The zero-order valence-corrected chi connectivity index (χ0v) is 11.5. The predicted molar refractivity (Wildman–Crippen MR) is 75.1 cm³/mol. The van der Waals surface area contributed by atoms with Gasteiger partial charge in [-0.25, -0.2) is 9.97 Å². The molecular formula is C13H21N5O. The van der Waals surface area contributed by atoms with Crippen molar-refractivity contribution in [2.75, 3.05) is 23.8 Å². The molecule has 1 aromatic rings. The Morgan fingerprint density at radius 2 is 2.37 bits per heavy atom. The highest BCUT2D eigenvalue weighted by Crippen LogP contribution is 2.30. The van der Waals surface area contributed by atoms with E-state index in [1.54, 1.807) is 0 Å². The molecule has 1 aliphatic rings. The number of primary amides is 1. The summed E-state index contributed by atoms with van der Waals surface area (Å²) in [4.78, 5) is 22.2. The van der Waals surface area contributed by atoms with Gasteiger partial charge in [0.05, 0.1) is 0 Å². The fraction of sp³-hybridized carbons (Fsp3) is 0.615. The summed E-state index contributed by atoms with van der Waals surface area (Å²) in [6.07, 6.45) is 5.20. The highest BCUT2D eigenvalue weighted by Gasteiger charge is 2.31. The molecule has 6 nitrogen and oxygen atoms in total. The van der Waals surface area contributed by atoms with E-state index in [1.165, 1.54) is 6.33 Å². The first-order valence-electron chi connectivity index (χ1n) is 6.76. The van der Waals surface area contributed by atoms with Gasteiger partial charge in [0.15, 0.2) is 0 Å². The Labute approximate surface area is 113 Å². The number of amides is 1. The second-order valence-corrected chi connectivity index (χ2v) is 4.78. The number of hydrogen-bond donors (Lipinski definition) is 2. The summed E-state index contributed by atoms with van der Waals surface area (Å²) in [5, 5.41) is 3.09. The number of aromatic nitrogens is 2. The summed E-state index contributed by atoms with van der Waals surface area (Å²) in [5.74, 6) is 1.41. The van der Waals surface area contributed by atoms with Gasteiger partial charge < -0.3 is 16.0 Å². The summed E-state index contributed by atoms with van der Waals surface area (Å²) >= 11 is 0. The molecule has 1 saturated heterocycles. The number of nitrogens with two attached hydrogens (primary N) is 1. The van der Waals surface area contributed by atoms with Crippen LogP contribution in [-0.4, -0.2) is 35.5 Å². The van der Waals surface area contributed by atoms with Crippen LogP contribution < -0.4 is 16.0 Å². The second-order valence-electron chi connectivity index (χ2n) is 4.78. The standard InChI is InChI=1S/C13H21N5O/c1-3-5-9-12(15-2)16-8-17-13(9)18-7-4-6-10(18)11(14)19/h8,10H,3-7H2,1-2H3,(H2,14,19)(H,15,16,17). The highest BCUT2D eigenvalue weighted by molar-refractivity contribution is 5.84. The molecule has 1 amide bonds. The maximum absolute atomic E-state index is 11.5. The largest absolute Gasteiger partial charge is 0.373 e. The van der Waals surface area contributed by atoms with Gasteiger partial charge in [-0.15, -0.1) is 0 Å². The molecule has 0 bridgehead atoms. The molecule has 3 N–H and O–H groups in total. The maximum atomic E-state index is 11.5. The molecule has 0 spiro atoms. The van der Waals surface area contributed by atoms with Gasteiger partial charge in [-0.3, -0.25) is 4.79 Å². The van der Waals surface area contributed by atoms with Gasteiger partial charge in [0, 0.05) is 19.2 Å². The lowest BCUT2D eigenvalue weighted by Gasteiger charge is -2.26. The van der Waals surface area contributed by atoms with E-state index < -0.39 is 0 Å². The van der Waals surface area contributed by atoms with Crippen molar-refractivity contribution in [3.05, 3.63) is 11.9 Å². The van der Waals surface area contributed by atoms with Crippen LogP contribution in [0.4, 0.5) is 11.6 Å². The Morgan fingerprint density at radius 3 is 3.00 bits per heavy atom. The molecule has 0 aliphatic carbocycles. The molecule has 1 fully saturated rings. The van der Waals surface area contributed by atoms with Crippen LogP contribution >= 0.6 is 0 Å². The number of carbonyl (C=O) groups is 1. The molecule has 2 rings (SSSR count). The van der Waals surface area contributed by atoms with Gasteiger partial charge in [0.2, 0.25) is 5.91 Å². The molecule has 1 unspecified atom stereocenters. The quantitative estimate of drug-likeness (QED) is 0.825. The molecule has 0 aromatic carbocycles. The van der Waals surface area contributed by atoms with Crippen molar-refractivity contribution in [3.8, 4) is 0 Å². The lowest BCUT2D eigenvalue weighted by Crippen LogP contribution is -2.41. The Bertz CT molecular complexity index is 462. The monoisotopic (exact) mass is 263 g/mol. The molecule has 0 saturated carbocycles. The van der Waals surface area contributed by atoms with Crippen LogP contribution in [-0.2, 0) is 11.2 Å². The lowest BCUT2D eigenvalue weighted by molar-refractivity contribution is -0.119. The van der Waals surface area contributed by atoms with Crippen LogP contribution in [0, 0.1) is 0 Å². The van der Waals surface area contributed by atoms with E-state index in [-0.39, 0.29) is 11.9 Å². The Hall–Kier alpha value is -1.85. The van der Waals surface area contributed by atoms with Crippen LogP contribution in [0.2, 0.25) is 0 Å². The van der Waals surface area contributed by atoms with Gasteiger partial charge in [-0.05, 0) is 19.3 Å². The summed E-state index contributed by atoms with van der Waals surface area (Å²) in [6.45, 7) is 2.94. The minimum Gasteiger partial charge on any atom is -0.373 e. The summed E-state index contributed by atoms with van der Waals surface area (Å²) in [7, 11) is 1.85. The molecule has 104 valence electrons. The average Bonchev–Trinajstić information content (AvgIpc) is 2.88. The number of nitrogens with zero attached hydrogens (tertiary/aromatic N) is 3. The number of anilines is 2. The van der Waals surface area contributed by atoms with Crippen molar-refractivity contribution >= 4 is 17.5 Å². The van der Waals surface area contributed by atoms with E-state index in [4.69, 9.17) is 5.73 Å². The average molecular weight is 263 g/mol. The number of hydrogen-bond acceptors (Lipinski definition) is 5. The third kappa shape index (κ3) is 2.62. The Kier molecular flexibility index (Phi) is 4.19. The Balaban J connectivity index is 2.40. The molecular weight excluding hydrogens is 242 g/mol. The van der Waals surface area contributed by atoms with Crippen molar-refractivity contribution < 1.29 is 4.79 Å². The fourth-order valence-corrected chi connectivity index (χ4v) is 2.66. The van der Waals surface area contributed by atoms with Crippen LogP contribution in [0.15, 0.2) is 6.33 Å². The van der Waals surface area contributed by atoms with Crippen LogP contribution in [0.5, 0.6) is 0 Å². The third-order valence-corrected chi connectivity index (χ3v) is 3.51. The van der Waals surface area contributed by atoms with Gasteiger partial charge in [-0.1, -0.05) is 13.3 Å². The molecule has 19 heavy (non-hydrogen) atoms. The fourth-order valence-electron chi connectivity index (χ4n) is 2.66. The minimum atomic E-state index is -0.274. The summed E-state index contributed by atoms with van der Waals surface area (Å²) < 4.78 is 0. The first kappa shape index (κ1) is 13.6. The third-order valence-electron chi connectivity index (χ3n) is 3.51. The second kappa shape index (κ2) is 5.86. The summed E-state index contributed by atoms with van der Waals surface area (Å²) in [5.41, 5.74) is 6.55. The van der Waals surface area contributed by atoms with Gasteiger partial charge in [-0.2, -0.15) is 0 Å². The zero-order valence-electron chi connectivity index (χ0n) is 11.5. The van der Waals surface area contributed by atoms with E-state index in [1.807, 2.05) is 11.9 Å². The number of rotatable bonds is 5. The molecule has 0 radical (unpaired) electrons. The van der Waals surface area contributed by atoms with Crippen molar-refractivity contribution in [2.45, 2.75) is 38.6 Å².